The molecule has 0 bridgehead atoms. The number of hydroxylamine groups is 1. The number of carbonyl (C=O) groups excluding carboxylic acids is 1. The van der Waals surface area contributed by atoms with Gasteiger partial charge in [-0.05, 0) is 48.4 Å². The summed E-state index contributed by atoms with van der Waals surface area (Å²) >= 11 is 1.48. The number of thioether (sulfide) groups is 1. The minimum Gasteiger partial charge on any atom is -0.497 e. The maximum Gasteiger partial charge on any atom is 0.573 e. The molecule has 2 aliphatic rings. The standard InChI is InChI=1S/C31H27F3N6O4S/c1-18-14-23-16-45-30(40(23)27-15-25(42-3)12-13-26(18)27)36-29(41)38-44-19(2)20-4-6-21(7-5-20)28-35-17-39(37-28)22-8-10-24(11-9-22)43-31(32,33)34/h4-15,17-19H,16H2,1-3H3,(H,38,41)/b36-30-. The third-order valence-corrected chi connectivity index (χ3v) is 8.20. The first kappa shape index (κ1) is 30.2. The van der Waals surface area contributed by atoms with Crippen molar-refractivity contribution in [2.24, 2.45) is 4.99 Å². The second kappa shape index (κ2) is 12.3. The number of methoxy groups -OCH3 is 1. The monoisotopic (exact) mass is 636 g/mol. The second-order valence-corrected chi connectivity index (χ2v) is 11.2. The third kappa shape index (κ3) is 6.66. The van der Waals surface area contributed by atoms with E-state index in [4.69, 9.17) is 9.57 Å². The Bertz CT molecular complexity index is 1770. The number of ether oxygens (including phenoxy) is 2. The Kier molecular flexibility index (Phi) is 8.25. The normalized spacial score (nSPS) is 17.4. The van der Waals surface area contributed by atoms with Crippen molar-refractivity contribution >= 4 is 28.6 Å². The number of aromatic nitrogens is 3. The van der Waals surface area contributed by atoms with Crippen molar-refractivity contribution in [2.75, 3.05) is 17.8 Å². The van der Waals surface area contributed by atoms with E-state index in [1.165, 1.54) is 47.0 Å². The van der Waals surface area contributed by atoms with Gasteiger partial charge in [0.25, 0.3) is 0 Å². The fraction of sp³-hybridized carbons (Fsp3) is 0.226. The molecule has 1 aromatic heterocycles. The van der Waals surface area contributed by atoms with E-state index >= 15 is 0 Å². The predicted octanol–water partition coefficient (Wildman–Crippen LogP) is 7.15. The lowest BCUT2D eigenvalue weighted by Gasteiger charge is -2.30. The summed E-state index contributed by atoms with van der Waals surface area (Å²) in [6.45, 7) is 3.93. The van der Waals surface area contributed by atoms with E-state index in [0.29, 0.717) is 28.0 Å². The highest BCUT2D eigenvalue weighted by Gasteiger charge is 2.34. The Hall–Kier alpha value is -4.82. The van der Waals surface area contributed by atoms with Crippen molar-refractivity contribution in [3.8, 4) is 28.6 Å². The number of allylic oxidation sites excluding steroid dienone is 1. The number of anilines is 1. The van der Waals surface area contributed by atoms with Crippen molar-refractivity contribution in [2.45, 2.75) is 32.2 Å². The van der Waals surface area contributed by atoms with Crippen molar-refractivity contribution in [3.05, 3.63) is 96.0 Å². The number of aliphatic imine (C=N–C) groups is 1. The number of halogens is 3. The SMILES string of the molecule is COc1ccc2c(c1)N1C(=CC2C)CS/C1=N\C(=O)NOC(C)c1ccc(-c2ncn(-c3ccc(OC(F)(F)F)cc3)n2)cc1. The second-order valence-electron chi connectivity index (χ2n) is 10.2. The predicted molar refractivity (Wildman–Crippen MR) is 163 cm³/mol. The molecule has 14 heteroatoms. The van der Waals surface area contributed by atoms with Crippen LogP contribution in [0.15, 0.2) is 89.8 Å². The summed E-state index contributed by atoms with van der Waals surface area (Å²) in [5.41, 5.74) is 7.59. The lowest BCUT2D eigenvalue weighted by molar-refractivity contribution is -0.274. The smallest absolute Gasteiger partial charge is 0.497 e. The molecule has 4 aromatic rings. The highest BCUT2D eigenvalue weighted by atomic mass is 32.2. The number of rotatable bonds is 7. The number of urea groups is 1. The van der Waals surface area contributed by atoms with Crippen LogP contribution in [0.5, 0.6) is 11.5 Å². The van der Waals surface area contributed by atoms with Crippen molar-refractivity contribution in [1.29, 1.82) is 0 Å². The molecule has 45 heavy (non-hydrogen) atoms. The van der Waals surface area contributed by atoms with Gasteiger partial charge in [0.05, 0.1) is 18.5 Å². The van der Waals surface area contributed by atoms with Gasteiger partial charge >= 0.3 is 12.4 Å². The minimum atomic E-state index is -4.76. The summed E-state index contributed by atoms with van der Waals surface area (Å²) in [6, 6.07) is 17.9. The molecule has 2 aliphatic heterocycles. The Balaban J connectivity index is 1.07. The number of fused-ring (bicyclic) bond motifs is 3. The van der Waals surface area contributed by atoms with E-state index in [1.54, 1.807) is 14.0 Å². The minimum absolute atomic E-state index is 0.232. The van der Waals surface area contributed by atoms with Crippen LogP contribution in [0.4, 0.5) is 23.7 Å². The van der Waals surface area contributed by atoms with E-state index in [0.717, 1.165) is 28.3 Å². The number of amides is 2. The van der Waals surface area contributed by atoms with Gasteiger partial charge in [-0.3, -0.25) is 9.74 Å². The molecule has 1 fully saturated rings. The Morgan fingerprint density at radius 3 is 2.53 bits per heavy atom. The molecular weight excluding hydrogens is 609 g/mol. The summed E-state index contributed by atoms with van der Waals surface area (Å²) < 4.78 is 48.0. The molecule has 232 valence electrons. The number of hydrogen-bond acceptors (Lipinski definition) is 7. The topological polar surface area (TPSA) is 103 Å². The number of alkyl halides is 3. The van der Waals surface area contributed by atoms with Gasteiger partial charge < -0.3 is 9.47 Å². The first-order valence-corrected chi connectivity index (χ1v) is 14.8. The largest absolute Gasteiger partial charge is 0.573 e. The van der Waals surface area contributed by atoms with Gasteiger partial charge in [-0.25, -0.2) is 19.9 Å². The van der Waals surface area contributed by atoms with E-state index in [-0.39, 0.29) is 11.7 Å². The van der Waals surface area contributed by atoms with Crippen molar-refractivity contribution in [3.63, 3.8) is 0 Å². The van der Waals surface area contributed by atoms with Gasteiger partial charge in [0.2, 0.25) is 0 Å². The van der Waals surface area contributed by atoms with Gasteiger partial charge in [0.1, 0.15) is 23.9 Å². The van der Waals surface area contributed by atoms with Crippen LogP contribution in [-0.2, 0) is 4.84 Å². The molecule has 10 nitrogen and oxygen atoms in total. The summed E-state index contributed by atoms with van der Waals surface area (Å²) in [5, 5.41) is 4.97. The first-order valence-electron chi connectivity index (χ1n) is 13.8. The van der Waals surface area contributed by atoms with Crippen LogP contribution in [-0.4, -0.2) is 45.2 Å². The molecule has 2 amide bonds. The van der Waals surface area contributed by atoms with Crippen LogP contribution >= 0.6 is 11.8 Å². The molecule has 1 N–H and O–H groups in total. The summed E-state index contributed by atoms with van der Waals surface area (Å²) in [7, 11) is 1.62. The fourth-order valence-corrected chi connectivity index (χ4v) is 6.00. The number of nitrogens with zero attached hydrogens (tertiary/aromatic N) is 5. The maximum absolute atomic E-state index is 12.8. The fourth-order valence-electron chi connectivity index (χ4n) is 5.00. The number of nitrogens with one attached hydrogen (secondary N) is 1. The summed E-state index contributed by atoms with van der Waals surface area (Å²) in [5.74, 6) is 1.75. The van der Waals surface area contributed by atoms with Crippen LogP contribution in [0.25, 0.3) is 17.1 Å². The van der Waals surface area contributed by atoms with Gasteiger partial charge in [0.15, 0.2) is 11.0 Å². The Labute approximate surface area is 260 Å². The number of amidine groups is 1. The molecule has 1 saturated heterocycles. The quantitative estimate of drug-likeness (QED) is 0.213. The zero-order valence-electron chi connectivity index (χ0n) is 24.3. The van der Waals surface area contributed by atoms with Gasteiger partial charge in [-0.1, -0.05) is 55.1 Å². The zero-order valence-corrected chi connectivity index (χ0v) is 25.1. The van der Waals surface area contributed by atoms with E-state index in [1.807, 2.05) is 47.4 Å². The molecular formula is C31H27F3N6O4S. The molecule has 0 aliphatic carbocycles. The summed E-state index contributed by atoms with van der Waals surface area (Å²) in [4.78, 5) is 29.0. The Morgan fingerprint density at radius 2 is 1.82 bits per heavy atom. The van der Waals surface area contributed by atoms with Crippen LogP contribution in [0, 0.1) is 0 Å². The number of benzene rings is 3. The molecule has 3 aromatic carbocycles. The average Bonchev–Trinajstić information content (AvgIpc) is 3.67. The highest BCUT2D eigenvalue weighted by molar-refractivity contribution is 8.14. The molecule has 3 heterocycles. The van der Waals surface area contributed by atoms with Crippen molar-refractivity contribution < 1.29 is 32.3 Å². The van der Waals surface area contributed by atoms with Gasteiger partial charge in [-0.15, -0.1) is 18.3 Å². The molecule has 2 atom stereocenters. The van der Waals surface area contributed by atoms with Crippen LogP contribution in [0.2, 0.25) is 0 Å². The molecule has 2 unspecified atom stereocenters. The maximum atomic E-state index is 12.8. The lowest BCUT2D eigenvalue weighted by atomic mass is 9.94. The number of hydrogen-bond donors (Lipinski definition) is 1. The third-order valence-electron chi connectivity index (χ3n) is 7.22. The average molecular weight is 637 g/mol. The van der Waals surface area contributed by atoms with Crippen LogP contribution in [0.3, 0.4) is 0 Å². The van der Waals surface area contributed by atoms with Crippen LogP contribution < -0.4 is 19.9 Å². The lowest BCUT2D eigenvalue weighted by Crippen LogP contribution is -2.30. The summed E-state index contributed by atoms with van der Waals surface area (Å²) in [6.07, 6.45) is -1.60. The molecule has 0 spiro atoms. The molecule has 0 radical (unpaired) electrons. The highest BCUT2D eigenvalue weighted by Crippen LogP contribution is 2.44. The van der Waals surface area contributed by atoms with E-state index in [2.05, 4.69) is 38.3 Å². The zero-order chi connectivity index (χ0) is 31.7. The first-order chi connectivity index (χ1) is 21.6. The molecule has 6 rings (SSSR count). The van der Waals surface area contributed by atoms with Gasteiger partial charge in [0, 0.05) is 29.0 Å². The van der Waals surface area contributed by atoms with E-state index < -0.39 is 18.5 Å². The van der Waals surface area contributed by atoms with E-state index in [9.17, 15) is 18.0 Å². The van der Waals surface area contributed by atoms with Gasteiger partial charge in [-0.2, -0.15) is 4.99 Å². The number of carbonyl (C=O) groups is 1. The van der Waals surface area contributed by atoms with Crippen LogP contribution in [0.1, 0.15) is 37.0 Å². The van der Waals surface area contributed by atoms with Crippen molar-refractivity contribution in [1.82, 2.24) is 20.2 Å². The Morgan fingerprint density at radius 1 is 1.09 bits per heavy atom. The molecule has 0 saturated carbocycles.